The molecule has 0 unspecified atom stereocenters. The quantitative estimate of drug-likeness (QED) is 0.572. The summed E-state index contributed by atoms with van der Waals surface area (Å²) in [6, 6.07) is 8.76. The second-order valence-corrected chi connectivity index (χ2v) is 5.34. The van der Waals surface area contributed by atoms with Crippen LogP contribution in [0.2, 0.25) is 0 Å². The lowest BCUT2D eigenvalue weighted by atomic mass is 9.88. The lowest BCUT2D eigenvalue weighted by molar-refractivity contribution is 0.456. The van der Waals surface area contributed by atoms with Gasteiger partial charge in [0, 0.05) is 0 Å². The summed E-state index contributed by atoms with van der Waals surface area (Å²) in [7, 11) is 0. The summed E-state index contributed by atoms with van der Waals surface area (Å²) >= 11 is 0. The van der Waals surface area contributed by atoms with E-state index in [1.165, 1.54) is 24.0 Å². The summed E-state index contributed by atoms with van der Waals surface area (Å²) < 4.78 is 0. The van der Waals surface area contributed by atoms with Crippen molar-refractivity contribution in [3.8, 4) is 0 Å². The van der Waals surface area contributed by atoms with E-state index >= 15 is 0 Å². The molecule has 0 aliphatic heterocycles. The lowest BCUT2D eigenvalue weighted by Gasteiger charge is -2.23. The van der Waals surface area contributed by atoms with Crippen LogP contribution in [0.1, 0.15) is 55.6 Å². The fourth-order valence-corrected chi connectivity index (χ4v) is 2.99. The van der Waals surface area contributed by atoms with E-state index < -0.39 is 0 Å². The molecule has 0 bridgehead atoms. The zero-order chi connectivity index (χ0) is 11.7. The Labute approximate surface area is 102 Å². The number of hydrogen-bond donors (Lipinski definition) is 0. The number of hydrogen-bond acceptors (Lipinski definition) is 2. The highest BCUT2D eigenvalue weighted by molar-refractivity contribution is 5.40. The molecule has 0 atom stereocenters. The van der Waals surface area contributed by atoms with Gasteiger partial charge < -0.3 is 0 Å². The first kappa shape index (κ1) is 10.7. The topological polar surface area (TPSA) is 29.4 Å². The molecule has 0 spiro atoms. The Kier molecular flexibility index (Phi) is 2.60. The normalized spacial score (nSPS) is 22.1. The molecule has 0 saturated heterocycles. The molecule has 0 aromatic heterocycles. The van der Waals surface area contributed by atoms with Gasteiger partial charge in [-0.15, -0.1) is 0 Å². The van der Waals surface area contributed by atoms with Crippen molar-refractivity contribution < 1.29 is 4.79 Å². The van der Waals surface area contributed by atoms with Crippen LogP contribution in [0.3, 0.4) is 0 Å². The van der Waals surface area contributed by atoms with E-state index in [2.05, 4.69) is 29.3 Å². The molecule has 2 nitrogen and oxygen atoms in total. The minimum Gasteiger partial charge on any atom is -0.211 e. The molecule has 2 aliphatic rings. The SMILES string of the molecule is O=C=NC1(c2ccc(C3CC3)cc2)CCCC1. The fourth-order valence-electron chi connectivity index (χ4n) is 2.99. The molecule has 88 valence electrons. The third-order valence-corrected chi connectivity index (χ3v) is 4.19. The van der Waals surface area contributed by atoms with E-state index in [0.717, 1.165) is 31.6 Å². The van der Waals surface area contributed by atoms with Crippen LogP contribution in [0.25, 0.3) is 0 Å². The Morgan fingerprint density at radius 2 is 1.76 bits per heavy atom. The third-order valence-electron chi connectivity index (χ3n) is 4.19. The zero-order valence-electron chi connectivity index (χ0n) is 9.98. The molecular formula is C15H17NO. The predicted octanol–water partition coefficient (Wildman–Crippen LogP) is 3.67. The number of aliphatic imine (C=N–C) groups is 1. The monoisotopic (exact) mass is 227 g/mol. The summed E-state index contributed by atoms with van der Waals surface area (Å²) in [6.07, 6.45) is 8.74. The van der Waals surface area contributed by atoms with E-state index in [0.29, 0.717) is 0 Å². The van der Waals surface area contributed by atoms with E-state index in [9.17, 15) is 4.79 Å². The van der Waals surface area contributed by atoms with Crippen LogP contribution in [0.15, 0.2) is 29.3 Å². The number of isocyanates is 1. The fraction of sp³-hybridized carbons (Fsp3) is 0.533. The van der Waals surface area contributed by atoms with Gasteiger partial charge in [0.15, 0.2) is 0 Å². The van der Waals surface area contributed by atoms with Crippen molar-refractivity contribution >= 4 is 6.08 Å². The number of rotatable bonds is 3. The maximum Gasteiger partial charge on any atom is 0.235 e. The molecule has 2 saturated carbocycles. The van der Waals surface area contributed by atoms with E-state index in [4.69, 9.17) is 0 Å². The van der Waals surface area contributed by atoms with Gasteiger partial charge in [-0.3, -0.25) is 0 Å². The molecule has 1 aromatic carbocycles. The first-order chi connectivity index (χ1) is 8.34. The predicted molar refractivity (Wildman–Crippen MR) is 66.7 cm³/mol. The maximum atomic E-state index is 10.6. The van der Waals surface area contributed by atoms with Gasteiger partial charge in [0.25, 0.3) is 0 Å². The second kappa shape index (κ2) is 4.12. The van der Waals surface area contributed by atoms with Crippen molar-refractivity contribution in [1.82, 2.24) is 0 Å². The van der Waals surface area contributed by atoms with E-state index in [1.54, 1.807) is 6.08 Å². The van der Waals surface area contributed by atoms with Crippen LogP contribution in [-0.2, 0) is 10.3 Å². The molecule has 17 heavy (non-hydrogen) atoms. The van der Waals surface area contributed by atoms with Gasteiger partial charge in [0.05, 0.1) is 5.54 Å². The Morgan fingerprint density at radius 3 is 2.29 bits per heavy atom. The van der Waals surface area contributed by atoms with Gasteiger partial charge in [-0.25, -0.2) is 4.79 Å². The maximum absolute atomic E-state index is 10.6. The first-order valence-electron chi connectivity index (χ1n) is 6.53. The smallest absolute Gasteiger partial charge is 0.211 e. The summed E-state index contributed by atoms with van der Waals surface area (Å²) in [5.41, 5.74) is 2.38. The minimum atomic E-state index is -0.260. The molecule has 2 fully saturated rings. The van der Waals surface area contributed by atoms with E-state index in [1.807, 2.05) is 0 Å². The summed E-state index contributed by atoms with van der Waals surface area (Å²) in [4.78, 5) is 14.7. The summed E-state index contributed by atoms with van der Waals surface area (Å²) in [6.45, 7) is 0. The molecule has 0 heterocycles. The van der Waals surface area contributed by atoms with Gasteiger partial charge in [-0.2, -0.15) is 4.99 Å². The highest BCUT2D eigenvalue weighted by Gasteiger charge is 2.35. The van der Waals surface area contributed by atoms with Gasteiger partial charge in [-0.1, -0.05) is 37.1 Å². The average molecular weight is 227 g/mol. The van der Waals surface area contributed by atoms with Crippen molar-refractivity contribution in [3.63, 3.8) is 0 Å². The van der Waals surface area contributed by atoms with Gasteiger partial charge in [0.2, 0.25) is 6.08 Å². The van der Waals surface area contributed by atoms with Crippen molar-refractivity contribution in [1.29, 1.82) is 0 Å². The Balaban J connectivity index is 1.92. The molecule has 3 rings (SSSR count). The van der Waals surface area contributed by atoms with Crippen LogP contribution >= 0.6 is 0 Å². The standard InChI is InChI=1S/C15H17NO/c17-11-16-15(9-1-2-10-15)14-7-5-13(6-8-14)12-3-4-12/h5-8,12H,1-4,9-10H2. The van der Waals surface area contributed by atoms with Gasteiger partial charge >= 0.3 is 0 Å². The Morgan fingerprint density at radius 1 is 1.12 bits per heavy atom. The Bertz CT molecular complexity index is 446. The molecular weight excluding hydrogens is 210 g/mol. The van der Waals surface area contributed by atoms with Crippen molar-refractivity contribution in [2.45, 2.75) is 50.0 Å². The second-order valence-electron chi connectivity index (χ2n) is 5.34. The molecule has 2 aliphatic carbocycles. The van der Waals surface area contributed by atoms with Crippen LogP contribution in [0.4, 0.5) is 0 Å². The molecule has 0 amide bonds. The van der Waals surface area contributed by atoms with Crippen molar-refractivity contribution in [3.05, 3.63) is 35.4 Å². The number of nitrogens with zero attached hydrogens (tertiary/aromatic N) is 1. The van der Waals surface area contributed by atoms with Gasteiger partial charge in [0.1, 0.15) is 0 Å². The van der Waals surface area contributed by atoms with Crippen LogP contribution in [0, 0.1) is 0 Å². The van der Waals surface area contributed by atoms with Gasteiger partial charge in [-0.05, 0) is 42.7 Å². The van der Waals surface area contributed by atoms with Crippen LogP contribution < -0.4 is 0 Å². The highest BCUT2D eigenvalue weighted by Crippen LogP contribution is 2.44. The molecule has 0 N–H and O–H groups in total. The lowest BCUT2D eigenvalue weighted by Crippen LogP contribution is -2.18. The number of benzene rings is 1. The van der Waals surface area contributed by atoms with E-state index in [-0.39, 0.29) is 5.54 Å². The summed E-state index contributed by atoms with van der Waals surface area (Å²) in [5, 5.41) is 0. The molecule has 0 radical (unpaired) electrons. The Hall–Kier alpha value is -1.40. The van der Waals surface area contributed by atoms with Crippen molar-refractivity contribution in [2.75, 3.05) is 0 Å². The minimum absolute atomic E-state index is 0.260. The highest BCUT2D eigenvalue weighted by atomic mass is 16.1. The summed E-state index contributed by atoms with van der Waals surface area (Å²) in [5.74, 6) is 0.790. The molecule has 2 heteroatoms. The van der Waals surface area contributed by atoms with Crippen LogP contribution in [0.5, 0.6) is 0 Å². The largest absolute Gasteiger partial charge is 0.235 e. The average Bonchev–Trinajstić information content (AvgIpc) is 3.11. The first-order valence-corrected chi connectivity index (χ1v) is 6.53. The molecule has 1 aromatic rings. The third kappa shape index (κ3) is 1.94. The van der Waals surface area contributed by atoms with Crippen molar-refractivity contribution in [2.24, 2.45) is 4.99 Å². The van der Waals surface area contributed by atoms with Crippen LogP contribution in [-0.4, -0.2) is 6.08 Å². The number of carbonyl (C=O) groups excluding carboxylic acids is 1. The zero-order valence-corrected chi connectivity index (χ0v) is 9.98.